The Hall–Kier alpha value is -10.1. The highest BCUT2D eigenvalue weighted by Gasteiger charge is 2.84. The number of Topliss-reactive ketones (excluding diaryl/α,β-unsaturated/α-hetero) is 2. The number of anilines is 2. The summed E-state index contributed by atoms with van der Waals surface area (Å²) in [7, 11) is 0. The maximum atomic E-state index is 16.0. The fourth-order valence-corrected chi connectivity index (χ4v) is 19.4. The van der Waals surface area contributed by atoms with E-state index in [0.29, 0.717) is 11.4 Å². The van der Waals surface area contributed by atoms with Gasteiger partial charge in [-0.1, -0.05) is 255 Å². The van der Waals surface area contributed by atoms with Crippen LogP contribution in [-0.2, 0) is 50.4 Å². The highest BCUT2D eigenvalue weighted by molar-refractivity contribution is 6.41. The van der Waals surface area contributed by atoms with Gasteiger partial charge in [-0.2, -0.15) is 0 Å². The third kappa shape index (κ3) is 7.58. The van der Waals surface area contributed by atoms with Gasteiger partial charge in [0.15, 0.2) is 11.6 Å². The zero-order valence-electron chi connectivity index (χ0n) is 53.0. The summed E-state index contributed by atoms with van der Waals surface area (Å²) < 4.78 is 0. The molecule has 6 aliphatic rings. The number of para-hydroxylation sites is 2. The lowest BCUT2D eigenvalue weighted by Crippen LogP contribution is -2.45. The van der Waals surface area contributed by atoms with Crippen molar-refractivity contribution in [1.29, 1.82) is 0 Å². The van der Waals surface area contributed by atoms with E-state index in [1.807, 2.05) is 208 Å². The Balaban J connectivity index is 0.000000137. The van der Waals surface area contributed by atoms with E-state index in [1.54, 1.807) is 0 Å². The highest BCUT2D eigenvalue weighted by Crippen LogP contribution is 2.75. The van der Waals surface area contributed by atoms with Gasteiger partial charge >= 0.3 is 0 Å². The molecule has 12 heteroatoms. The van der Waals surface area contributed by atoms with Crippen LogP contribution in [0.1, 0.15) is 55.6 Å². The van der Waals surface area contributed by atoms with Crippen molar-refractivity contribution in [2.24, 2.45) is 23.7 Å². The molecule has 98 heavy (non-hydrogen) atoms. The predicted octanol–water partition coefficient (Wildman–Crippen LogP) is 18.6. The van der Waals surface area contributed by atoms with E-state index in [9.17, 15) is 0 Å². The number of nitrogens with zero attached hydrogens (tertiary/aromatic N) is 2. The maximum Gasteiger partial charge on any atom is 0.239 e. The minimum atomic E-state index is -1.37. The first-order valence-electron chi connectivity index (χ1n) is 32.7. The number of fused-ring (bicyclic) bond motifs is 20. The van der Waals surface area contributed by atoms with Crippen LogP contribution in [0.15, 0.2) is 267 Å². The molecule has 4 bridgehead atoms. The molecule has 4 fully saturated rings. The molecule has 8 atom stereocenters. The Morgan fingerprint density at radius 3 is 0.714 bits per heavy atom. The summed E-state index contributed by atoms with van der Waals surface area (Å²) in [5.41, 5.74) is 3.88. The molecule has 4 amide bonds. The quantitative estimate of drug-likeness (QED) is 0.0932. The van der Waals surface area contributed by atoms with Crippen LogP contribution in [0.2, 0.25) is 0 Å². The lowest BCUT2D eigenvalue weighted by molar-refractivity contribution is -0.130. The van der Waals surface area contributed by atoms with Gasteiger partial charge in [-0.3, -0.25) is 28.8 Å². The molecule has 0 N–H and O–H groups in total. The van der Waals surface area contributed by atoms with Gasteiger partial charge in [0.25, 0.3) is 0 Å². The summed E-state index contributed by atoms with van der Waals surface area (Å²) in [5.74, 6) is -5.03. The number of carbonyl (C=O) groups is 6. The normalized spacial score (nSPS) is 23.7. The van der Waals surface area contributed by atoms with Crippen LogP contribution >= 0.6 is 46.4 Å². The first kappa shape index (κ1) is 61.5. The van der Waals surface area contributed by atoms with E-state index in [4.69, 9.17) is 46.4 Å². The van der Waals surface area contributed by atoms with Gasteiger partial charge in [0.2, 0.25) is 23.6 Å². The van der Waals surface area contributed by atoms with Crippen molar-refractivity contribution in [2.45, 2.75) is 35.5 Å². The van der Waals surface area contributed by atoms with Crippen molar-refractivity contribution in [3.8, 4) is 0 Å². The summed E-state index contributed by atoms with van der Waals surface area (Å²) in [5, 5.41) is 13.0. The number of carbonyl (C=O) groups excluding carboxylic acids is 6. The van der Waals surface area contributed by atoms with Crippen LogP contribution in [0.25, 0.3) is 64.6 Å². The Morgan fingerprint density at radius 2 is 0.490 bits per heavy atom. The molecular weight excluding hydrogens is 1300 g/mol. The van der Waals surface area contributed by atoms with Gasteiger partial charge < -0.3 is 0 Å². The molecule has 476 valence electrons. The Kier molecular flexibility index (Phi) is 14.3. The lowest BCUT2D eigenvalue weighted by atomic mass is 9.59. The number of rotatable bonds is 6. The van der Waals surface area contributed by atoms with Gasteiger partial charge in [-0.05, 0) is 146 Å². The molecule has 2 saturated heterocycles. The molecule has 14 aromatic rings. The Bertz CT molecular complexity index is 5050. The number of hydrogen-bond donors (Lipinski definition) is 0. The number of aryl methyl sites for hydroxylation is 2. The van der Waals surface area contributed by atoms with E-state index in [0.717, 1.165) is 120 Å². The van der Waals surface area contributed by atoms with E-state index in [1.165, 1.54) is 9.80 Å². The second-order valence-electron chi connectivity index (χ2n) is 26.3. The third-order valence-electron chi connectivity index (χ3n) is 22.5. The van der Waals surface area contributed by atoms with Crippen molar-refractivity contribution >= 4 is 158 Å². The molecule has 20 rings (SSSR count). The Morgan fingerprint density at radius 1 is 0.276 bits per heavy atom. The van der Waals surface area contributed by atoms with Crippen LogP contribution in [0.4, 0.5) is 11.4 Å². The number of halogens is 4. The van der Waals surface area contributed by atoms with Gasteiger partial charge in [-0.15, -0.1) is 46.4 Å². The number of amides is 4. The van der Waals surface area contributed by atoms with Crippen molar-refractivity contribution < 1.29 is 28.8 Å². The topological polar surface area (TPSA) is 109 Å². The molecule has 14 aromatic carbocycles. The predicted molar refractivity (Wildman–Crippen MR) is 394 cm³/mol. The highest BCUT2D eigenvalue weighted by atomic mass is 35.5. The number of hydrogen-bond acceptors (Lipinski definition) is 6. The second-order valence-corrected chi connectivity index (χ2v) is 27.9. The third-order valence-corrected chi connectivity index (χ3v) is 22.5. The first-order valence-corrected chi connectivity index (χ1v) is 34.8. The number of ketones is 2. The zero-order valence-corrected chi connectivity index (χ0v) is 56.0. The molecule has 0 radical (unpaired) electrons. The molecule has 2 aliphatic heterocycles. The SMILES string of the molecule is Cc1ccccc1N1C(=O)[C@@H]2[C@H](C1=O)[C@@]1(c3ccccc3)C(=O)[C@]2(c2ccccc2)c2c1c1cccc3ccc4cccc2c4c31.Cc1ccccc1N1C(=O)[C@@H]2[C@H](C1=O)[C@@]1(c3ccccc3)C(=O)[C@]2(c2ccccc2)c2c1c1cccc3ccc4cccc2c4c31.ClCCl.ClCCl. The second kappa shape index (κ2) is 22.8. The summed E-state index contributed by atoms with van der Waals surface area (Å²) in [6.07, 6.45) is 0. The van der Waals surface area contributed by atoms with Crippen molar-refractivity contribution in [1.82, 2.24) is 0 Å². The fourth-order valence-electron chi connectivity index (χ4n) is 19.4. The molecule has 0 spiro atoms. The van der Waals surface area contributed by atoms with Gasteiger partial charge in [0.1, 0.15) is 0 Å². The molecule has 8 nitrogen and oxygen atoms in total. The molecule has 2 saturated carbocycles. The van der Waals surface area contributed by atoms with Gasteiger partial charge in [0, 0.05) is 0 Å². The minimum absolute atomic E-state index is 0.0784. The monoisotopic (exact) mass is 1350 g/mol. The summed E-state index contributed by atoms with van der Waals surface area (Å²) in [4.78, 5) is 95.3. The molecule has 2 heterocycles. The van der Waals surface area contributed by atoms with Crippen LogP contribution in [0, 0.1) is 37.5 Å². The first-order chi connectivity index (χ1) is 47.9. The number of imide groups is 2. The minimum Gasteiger partial charge on any atom is -0.297 e. The van der Waals surface area contributed by atoms with Crippen molar-refractivity contribution in [3.05, 3.63) is 323 Å². The van der Waals surface area contributed by atoms with Crippen molar-refractivity contribution in [3.63, 3.8) is 0 Å². The largest absolute Gasteiger partial charge is 0.297 e. The summed E-state index contributed by atoms with van der Waals surface area (Å²) in [6, 6.07) is 87.7. The average Bonchev–Trinajstić information content (AvgIpc) is 1.46. The van der Waals surface area contributed by atoms with Crippen LogP contribution < -0.4 is 9.80 Å². The molecular formula is C86H58Cl4N2O6. The smallest absolute Gasteiger partial charge is 0.239 e. The van der Waals surface area contributed by atoms with E-state index in [-0.39, 0.29) is 45.9 Å². The van der Waals surface area contributed by atoms with Crippen molar-refractivity contribution in [2.75, 3.05) is 20.5 Å². The lowest BCUT2D eigenvalue weighted by Gasteiger charge is -2.38. The maximum absolute atomic E-state index is 16.0. The number of benzene rings is 14. The number of alkyl halides is 4. The Labute approximate surface area is 584 Å². The zero-order chi connectivity index (χ0) is 67.3. The van der Waals surface area contributed by atoms with Gasteiger partial charge in [0.05, 0.1) is 67.4 Å². The van der Waals surface area contributed by atoms with E-state index >= 15 is 28.8 Å². The summed E-state index contributed by atoms with van der Waals surface area (Å²) >= 11 is 19.1. The van der Waals surface area contributed by atoms with Crippen LogP contribution in [0.3, 0.4) is 0 Å². The standard InChI is InChI=1S/2C42H27NO3.2CH2Cl2/c2*1-24-12-8-9-21-31(24)43-38(44)36-37(39(43)45)42(28-17-6-3-7-18-28)35-30-20-11-14-26-23-22-25-13-10-19-29(32(25)33(26)30)34(35)41(36,40(42)46)27-15-4-2-5-16-27;2*2-1-3/h2*2-23,36-37H,1H3;2*1H2/t2*36-,37+,41+,42-;;. The fraction of sp³-hybridized carbons (Fsp3) is 0.140. The average molecular weight is 1360 g/mol. The van der Waals surface area contributed by atoms with Crippen LogP contribution in [-0.4, -0.2) is 45.9 Å². The summed E-state index contributed by atoms with van der Waals surface area (Å²) in [6.45, 7) is 3.84. The molecule has 0 aromatic heterocycles. The van der Waals surface area contributed by atoms with E-state index < -0.39 is 45.3 Å². The van der Waals surface area contributed by atoms with E-state index in [2.05, 4.69) is 72.8 Å². The van der Waals surface area contributed by atoms with Crippen LogP contribution in [0.5, 0.6) is 0 Å². The van der Waals surface area contributed by atoms with Gasteiger partial charge in [-0.25, -0.2) is 9.80 Å². The molecule has 0 unspecified atom stereocenters. The molecule has 4 aliphatic carbocycles.